The lowest BCUT2D eigenvalue weighted by atomic mass is 10.1. The molecule has 1 aromatic carbocycles. The maximum atomic E-state index is 13.0. The van der Waals surface area contributed by atoms with Crippen molar-refractivity contribution < 1.29 is 4.79 Å². The number of fused-ring (bicyclic) bond motifs is 1. The summed E-state index contributed by atoms with van der Waals surface area (Å²) in [6.45, 7) is 10.8. The van der Waals surface area contributed by atoms with E-state index in [-0.39, 0.29) is 5.91 Å². The van der Waals surface area contributed by atoms with Gasteiger partial charge in [0, 0.05) is 12.7 Å². The van der Waals surface area contributed by atoms with Crippen molar-refractivity contribution >= 4 is 32.6 Å². The van der Waals surface area contributed by atoms with Crippen LogP contribution in [0, 0.1) is 26.7 Å². The van der Waals surface area contributed by atoms with E-state index in [0.717, 1.165) is 15.9 Å². The number of rotatable bonds is 4. The molecule has 3 aromatic rings. The number of benzene rings is 1. The van der Waals surface area contributed by atoms with Crippen LogP contribution in [0.3, 0.4) is 0 Å². The first kappa shape index (κ1) is 17.5. The third-order valence-electron chi connectivity index (χ3n) is 3.83. The van der Waals surface area contributed by atoms with Crippen molar-refractivity contribution in [3.8, 4) is 0 Å². The van der Waals surface area contributed by atoms with E-state index in [4.69, 9.17) is 4.98 Å². The van der Waals surface area contributed by atoms with E-state index in [2.05, 4.69) is 49.8 Å². The Balaban J connectivity index is 2.05. The van der Waals surface area contributed by atoms with Gasteiger partial charge in [-0.15, -0.1) is 0 Å². The Kier molecular flexibility index (Phi) is 4.81. The largest absolute Gasteiger partial charge is 0.282 e. The van der Waals surface area contributed by atoms with Gasteiger partial charge in [0.15, 0.2) is 5.13 Å². The van der Waals surface area contributed by atoms with Crippen LogP contribution in [0.2, 0.25) is 0 Å². The maximum absolute atomic E-state index is 13.0. The normalized spacial score (nSPS) is 11.3. The van der Waals surface area contributed by atoms with Gasteiger partial charge >= 0.3 is 0 Å². The van der Waals surface area contributed by atoms with Gasteiger partial charge in [-0.05, 0) is 43.9 Å². The van der Waals surface area contributed by atoms with Crippen LogP contribution < -0.4 is 4.90 Å². The monoisotopic (exact) mass is 354 g/mol. The van der Waals surface area contributed by atoms with Crippen molar-refractivity contribution in [1.29, 1.82) is 0 Å². The molecule has 0 aliphatic heterocycles. The van der Waals surface area contributed by atoms with Gasteiger partial charge in [0.05, 0.1) is 22.1 Å². The fraction of sp³-hybridized carbons (Fsp3) is 0.368. The van der Waals surface area contributed by atoms with Crippen LogP contribution in [0.1, 0.15) is 41.2 Å². The van der Waals surface area contributed by atoms with Crippen molar-refractivity contribution in [2.75, 3.05) is 11.4 Å². The predicted molar refractivity (Wildman–Crippen MR) is 102 cm³/mol. The highest BCUT2D eigenvalue weighted by atomic mass is 32.1. The third kappa shape index (κ3) is 3.69. The quantitative estimate of drug-likeness (QED) is 0.700. The molecule has 0 spiro atoms. The van der Waals surface area contributed by atoms with Crippen molar-refractivity contribution in [3.63, 3.8) is 0 Å². The second-order valence-electron chi connectivity index (χ2n) is 6.78. The molecule has 2 aromatic heterocycles. The minimum absolute atomic E-state index is 0.158. The Morgan fingerprint density at radius 1 is 1.16 bits per heavy atom. The molecule has 0 aliphatic carbocycles. The smallest absolute Gasteiger partial charge is 0.280 e. The van der Waals surface area contributed by atoms with E-state index in [1.54, 1.807) is 22.4 Å². The van der Waals surface area contributed by atoms with E-state index >= 15 is 0 Å². The molecule has 0 saturated heterocycles. The zero-order valence-corrected chi connectivity index (χ0v) is 16.0. The Morgan fingerprint density at radius 3 is 2.56 bits per heavy atom. The molecule has 3 rings (SSSR count). The maximum Gasteiger partial charge on any atom is 0.280 e. The van der Waals surface area contributed by atoms with Crippen molar-refractivity contribution in [2.24, 2.45) is 5.92 Å². The molecule has 2 heterocycles. The summed E-state index contributed by atoms with van der Waals surface area (Å²) in [5.41, 5.74) is 4.43. The highest BCUT2D eigenvalue weighted by Gasteiger charge is 2.23. The first-order chi connectivity index (χ1) is 11.8. The molecule has 0 fully saturated rings. The first-order valence-electron chi connectivity index (χ1n) is 8.33. The second kappa shape index (κ2) is 6.88. The highest BCUT2D eigenvalue weighted by Crippen LogP contribution is 2.33. The fourth-order valence-electron chi connectivity index (χ4n) is 2.73. The number of aromatic nitrogens is 3. The summed E-state index contributed by atoms with van der Waals surface area (Å²) >= 11 is 1.55. The molecule has 5 nitrogen and oxygen atoms in total. The van der Waals surface area contributed by atoms with Crippen LogP contribution in [0.5, 0.6) is 0 Å². The number of amides is 1. The Bertz CT molecular complexity index is 915. The molecule has 0 bridgehead atoms. The zero-order chi connectivity index (χ0) is 18.1. The lowest BCUT2D eigenvalue weighted by Gasteiger charge is -2.21. The molecule has 1 amide bonds. The number of anilines is 1. The molecule has 0 radical (unpaired) electrons. The van der Waals surface area contributed by atoms with Crippen LogP contribution >= 0.6 is 11.3 Å². The minimum atomic E-state index is -0.158. The predicted octanol–water partition coefficient (Wildman–Crippen LogP) is 4.31. The fourth-order valence-corrected chi connectivity index (χ4v) is 3.76. The van der Waals surface area contributed by atoms with Crippen molar-refractivity contribution in [2.45, 2.75) is 34.6 Å². The summed E-state index contributed by atoms with van der Waals surface area (Å²) in [7, 11) is 0. The third-order valence-corrected chi connectivity index (χ3v) is 5.06. The standard InChI is InChI=1S/C19H22N4OS/c1-11(2)10-23(18(24)16-9-20-14(5)8-21-16)19-22-15-7-12(3)6-13(4)17(15)25-19/h6-9,11H,10H2,1-5H3. The molecular formula is C19H22N4OS. The number of thiazole rings is 1. The molecule has 25 heavy (non-hydrogen) atoms. The summed E-state index contributed by atoms with van der Waals surface area (Å²) in [4.78, 5) is 27.9. The molecule has 0 unspecified atom stereocenters. The highest BCUT2D eigenvalue weighted by molar-refractivity contribution is 7.22. The van der Waals surface area contributed by atoms with Crippen LogP contribution in [0.25, 0.3) is 10.2 Å². The van der Waals surface area contributed by atoms with E-state index in [0.29, 0.717) is 23.3 Å². The number of nitrogens with zero attached hydrogens (tertiary/aromatic N) is 4. The molecule has 130 valence electrons. The van der Waals surface area contributed by atoms with Gasteiger partial charge in [-0.2, -0.15) is 0 Å². The summed E-state index contributed by atoms with van der Waals surface area (Å²) in [5, 5.41) is 0.713. The Labute approximate surface area is 151 Å². The van der Waals surface area contributed by atoms with Crippen LogP contribution in [0.4, 0.5) is 5.13 Å². The Morgan fingerprint density at radius 2 is 1.92 bits per heavy atom. The second-order valence-corrected chi connectivity index (χ2v) is 7.76. The van der Waals surface area contributed by atoms with E-state index in [1.807, 2.05) is 6.92 Å². The first-order valence-corrected chi connectivity index (χ1v) is 9.15. The van der Waals surface area contributed by atoms with E-state index < -0.39 is 0 Å². The number of aryl methyl sites for hydroxylation is 3. The SMILES string of the molecule is Cc1cc(C)c2sc(N(CC(C)C)C(=O)c3cnc(C)cn3)nc2c1. The van der Waals surface area contributed by atoms with Gasteiger partial charge in [-0.25, -0.2) is 9.97 Å². The average molecular weight is 354 g/mol. The topological polar surface area (TPSA) is 59.0 Å². The molecule has 0 atom stereocenters. The number of carbonyl (C=O) groups excluding carboxylic acids is 1. The lowest BCUT2D eigenvalue weighted by molar-refractivity contribution is 0.0978. The van der Waals surface area contributed by atoms with Gasteiger partial charge in [0.25, 0.3) is 5.91 Å². The molecule has 6 heteroatoms. The summed E-state index contributed by atoms with van der Waals surface area (Å²) < 4.78 is 1.12. The minimum Gasteiger partial charge on any atom is -0.282 e. The zero-order valence-electron chi connectivity index (χ0n) is 15.2. The molecule has 0 saturated carbocycles. The van der Waals surface area contributed by atoms with Crippen molar-refractivity contribution in [1.82, 2.24) is 15.0 Å². The van der Waals surface area contributed by atoms with E-state index in [1.165, 1.54) is 17.3 Å². The Hall–Kier alpha value is -2.34. The number of hydrogen-bond acceptors (Lipinski definition) is 5. The lowest BCUT2D eigenvalue weighted by Crippen LogP contribution is -2.34. The number of hydrogen-bond donors (Lipinski definition) is 0. The van der Waals surface area contributed by atoms with Gasteiger partial charge in [-0.3, -0.25) is 14.7 Å². The molecular weight excluding hydrogens is 332 g/mol. The van der Waals surface area contributed by atoms with Gasteiger partial charge in [0.2, 0.25) is 0 Å². The van der Waals surface area contributed by atoms with Crippen LogP contribution in [-0.2, 0) is 0 Å². The summed E-state index contributed by atoms with van der Waals surface area (Å²) in [6, 6.07) is 4.20. The van der Waals surface area contributed by atoms with Crippen LogP contribution in [0.15, 0.2) is 24.5 Å². The number of carbonyl (C=O) groups is 1. The van der Waals surface area contributed by atoms with Gasteiger partial charge in [0.1, 0.15) is 5.69 Å². The van der Waals surface area contributed by atoms with Gasteiger partial charge in [-0.1, -0.05) is 31.3 Å². The van der Waals surface area contributed by atoms with Crippen LogP contribution in [-0.4, -0.2) is 27.4 Å². The molecule has 0 N–H and O–H groups in total. The summed E-state index contributed by atoms with van der Waals surface area (Å²) in [5.74, 6) is 0.159. The summed E-state index contributed by atoms with van der Waals surface area (Å²) in [6.07, 6.45) is 3.15. The molecule has 0 aliphatic rings. The van der Waals surface area contributed by atoms with Crippen molar-refractivity contribution in [3.05, 3.63) is 47.0 Å². The van der Waals surface area contributed by atoms with E-state index in [9.17, 15) is 4.79 Å². The average Bonchev–Trinajstić information content (AvgIpc) is 2.96. The van der Waals surface area contributed by atoms with Gasteiger partial charge < -0.3 is 0 Å².